The van der Waals surface area contributed by atoms with Gasteiger partial charge in [-0.3, -0.25) is 4.68 Å². The van der Waals surface area contributed by atoms with E-state index in [4.69, 9.17) is 5.73 Å². The molecular formula is C9H15N3. The van der Waals surface area contributed by atoms with Crippen molar-refractivity contribution in [3.63, 3.8) is 0 Å². The van der Waals surface area contributed by atoms with Crippen molar-refractivity contribution in [1.82, 2.24) is 9.78 Å². The molecule has 0 saturated heterocycles. The van der Waals surface area contributed by atoms with E-state index in [1.54, 1.807) is 0 Å². The molecule has 0 atom stereocenters. The summed E-state index contributed by atoms with van der Waals surface area (Å²) in [7, 11) is 1.96. The number of aryl methyl sites for hydroxylation is 1. The van der Waals surface area contributed by atoms with Crippen LogP contribution in [-0.2, 0) is 13.6 Å². The highest BCUT2D eigenvalue weighted by Crippen LogP contribution is 2.37. The van der Waals surface area contributed by atoms with Gasteiger partial charge in [0.1, 0.15) is 0 Å². The summed E-state index contributed by atoms with van der Waals surface area (Å²) in [5.74, 6) is 0.747. The lowest BCUT2D eigenvalue weighted by molar-refractivity contribution is 0.417. The Hall–Kier alpha value is -0.830. The fourth-order valence-electron chi connectivity index (χ4n) is 1.77. The minimum absolute atomic E-state index is 0.576. The summed E-state index contributed by atoms with van der Waals surface area (Å²) in [5, 5.41) is 4.32. The number of rotatable bonds is 2. The Morgan fingerprint density at radius 3 is 2.92 bits per heavy atom. The minimum Gasteiger partial charge on any atom is -0.325 e. The predicted octanol–water partition coefficient (Wildman–Crippen LogP) is 1.15. The first kappa shape index (κ1) is 7.80. The Morgan fingerprint density at radius 1 is 1.67 bits per heavy atom. The van der Waals surface area contributed by atoms with Crippen molar-refractivity contribution in [3.8, 4) is 0 Å². The second kappa shape index (κ2) is 2.90. The van der Waals surface area contributed by atoms with Crippen LogP contribution in [0.4, 0.5) is 0 Å². The molecule has 1 saturated carbocycles. The topological polar surface area (TPSA) is 43.8 Å². The van der Waals surface area contributed by atoms with Crippen LogP contribution in [-0.4, -0.2) is 9.78 Å². The lowest BCUT2D eigenvalue weighted by Crippen LogP contribution is -2.11. The van der Waals surface area contributed by atoms with Crippen LogP contribution in [0.5, 0.6) is 0 Å². The molecule has 0 spiro atoms. The van der Waals surface area contributed by atoms with E-state index in [0.717, 1.165) is 11.6 Å². The molecule has 1 fully saturated rings. The molecule has 0 bridgehead atoms. The molecule has 2 N–H and O–H groups in total. The van der Waals surface area contributed by atoms with Gasteiger partial charge in [-0.15, -0.1) is 0 Å². The molecule has 1 aromatic heterocycles. The largest absolute Gasteiger partial charge is 0.325 e. The monoisotopic (exact) mass is 165 g/mol. The lowest BCUT2D eigenvalue weighted by Gasteiger charge is -2.24. The highest BCUT2D eigenvalue weighted by Gasteiger charge is 2.23. The lowest BCUT2D eigenvalue weighted by atomic mass is 9.80. The average molecular weight is 165 g/mol. The first-order valence-corrected chi connectivity index (χ1v) is 4.53. The molecule has 1 heterocycles. The highest BCUT2D eigenvalue weighted by molar-refractivity contribution is 5.23. The molecule has 2 rings (SSSR count). The van der Waals surface area contributed by atoms with Gasteiger partial charge in [-0.05, 0) is 24.3 Å². The van der Waals surface area contributed by atoms with E-state index in [-0.39, 0.29) is 0 Å². The smallest absolute Gasteiger partial charge is 0.0794 e. The average Bonchev–Trinajstić information content (AvgIpc) is 2.27. The van der Waals surface area contributed by atoms with Crippen LogP contribution in [0.15, 0.2) is 6.20 Å². The number of hydrogen-bond donors (Lipinski definition) is 1. The molecule has 1 aromatic rings. The van der Waals surface area contributed by atoms with Gasteiger partial charge >= 0.3 is 0 Å². The van der Waals surface area contributed by atoms with E-state index < -0.39 is 0 Å². The Balaban J connectivity index is 2.27. The maximum absolute atomic E-state index is 5.60. The van der Waals surface area contributed by atoms with Gasteiger partial charge in [0, 0.05) is 19.8 Å². The van der Waals surface area contributed by atoms with E-state index in [1.807, 2.05) is 11.7 Å². The first-order valence-electron chi connectivity index (χ1n) is 4.53. The summed E-state index contributed by atoms with van der Waals surface area (Å²) < 4.78 is 1.87. The van der Waals surface area contributed by atoms with E-state index in [0.29, 0.717) is 6.54 Å². The van der Waals surface area contributed by atoms with Gasteiger partial charge in [-0.25, -0.2) is 0 Å². The van der Waals surface area contributed by atoms with Crippen LogP contribution < -0.4 is 5.73 Å². The first-order chi connectivity index (χ1) is 5.81. The molecule has 0 radical (unpaired) electrons. The van der Waals surface area contributed by atoms with Gasteiger partial charge in [-0.1, -0.05) is 6.42 Å². The molecule has 1 aliphatic carbocycles. The summed E-state index contributed by atoms with van der Waals surface area (Å²) in [6, 6.07) is 0. The molecule has 1 aliphatic rings. The third-order valence-corrected chi connectivity index (χ3v) is 2.68. The predicted molar refractivity (Wildman–Crippen MR) is 47.7 cm³/mol. The maximum Gasteiger partial charge on any atom is 0.0794 e. The van der Waals surface area contributed by atoms with Gasteiger partial charge < -0.3 is 5.73 Å². The van der Waals surface area contributed by atoms with Crippen LogP contribution in [0.3, 0.4) is 0 Å². The Bertz CT molecular complexity index is 273. The van der Waals surface area contributed by atoms with Crippen LogP contribution in [0.25, 0.3) is 0 Å². The molecule has 3 heteroatoms. The number of aromatic nitrogens is 2. The number of nitrogens with two attached hydrogens (primary N) is 1. The Labute approximate surface area is 72.6 Å². The quantitative estimate of drug-likeness (QED) is 0.714. The van der Waals surface area contributed by atoms with Crippen molar-refractivity contribution in [2.45, 2.75) is 31.7 Å². The van der Waals surface area contributed by atoms with Crippen LogP contribution in [0.1, 0.15) is 36.4 Å². The summed E-state index contributed by atoms with van der Waals surface area (Å²) in [4.78, 5) is 0. The molecule has 3 nitrogen and oxygen atoms in total. The minimum atomic E-state index is 0.576. The third kappa shape index (κ3) is 1.14. The molecule has 0 aliphatic heterocycles. The fraction of sp³-hybridized carbons (Fsp3) is 0.667. The molecule has 66 valence electrons. The van der Waals surface area contributed by atoms with Gasteiger partial charge in [0.15, 0.2) is 0 Å². The summed E-state index contributed by atoms with van der Waals surface area (Å²) in [6.07, 6.45) is 6.12. The number of nitrogens with zero attached hydrogens (tertiary/aromatic N) is 2. The van der Waals surface area contributed by atoms with Crippen molar-refractivity contribution in [1.29, 1.82) is 0 Å². The Kier molecular flexibility index (Phi) is 1.89. The van der Waals surface area contributed by atoms with Crippen molar-refractivity contribution in [3.05, 3.63) is 17.5 Å². The van der Waals surface area contributed by atoms with Crippen molar-refractivity contribution in [2.24, 2.45) is 12.8 Å². The summed E-state index contributed by atoms with van der Waals surface area (Å²) in [5.41, 5.74) is 8.07. The zero-order valence-electron chi connectivity index (χ0n) is 7.45. The normalized spacial score (nSPS) is 17.8. The van der Waals surface area contributed by atoms with Gasteiger partial charge in [-0.2, -0.15) is 5.10 Å². The molecular weight excluding hydrogens is 150 g/mol. The van der Waals surface area contributed by atoms with Gasteiger partial charge in [0.25, 0.3) is 0 Å². The molecule has 0 unspecified atom stereocenters. The van der Waals surface area contributed by atoms with Crippen LogP contribution in [0, 0.1) is 0 Å². The Morgan fingerprint density at radius 2 is 2.42 bits per heavy atom. The van der Waals surface area contributed by atoms with Crippen molar-refractivity contribution in [2.75, 3.05) is 0 Å². The van der Waals surface area contributed by atoms with E-state index in [9.17, 15) is 0 Å². The third-order valence-electron chi connectivity index (χ3n) is 2.68. The molecule has 0 aromatic carbocycles. The van der Waals surface area contributed by atoms with Crippen LogP contribution >= 0.6 is 0 Å². The summed E-state index contributed by atoms with van der Waals surface area (Å²) in [6.45, 7) is 0.576. The van der Waals surface area contributed by atoms with Crippen LogP contribution in [0.2, 0.25) is 0 Å². The zero-order valence-corrected chi connectivity index (χ0v) is 7.45. The number of hydrogen-bond acceptors (Lipinski definition) is 2. The zero-order chi connectivity index (χ0) is 8.55. The van der Waals surface area contributed by atoms with E-state index in [1.165, 1.54) is 24.8 Å². The van der Waals surface area contributed by atoms with E-state index >= 15 is 0 Å². The van der Waals surface area contributed by atoms with Crippen molar-refractivity contribution >= 4 is 0 Å². The second-order valence-corrected chi connectivity index (χ2v) is 3.54. The van der Waals surface area contributed by atoms with Gasteiger partial charge in [0.2, 0.25) is 0 Å². The van der Waals surface area contributed by atoms with Crippen molar-refractivity contribution < 1.29 is 0 Å². The SMILES string of the molecule is Cn1cc(C2CCC2)c(CN)n1. The molecule has 0 amide bonds. The van der Waals surface area contributed by atoms with E-state index in [2.05, 4.69) is 11.3 Å². The summed E-state index contributed by atoms with van der Waals surface area (Å²) >= 11 is 0. The second-order valence-electron chi connectivity index (χ2n) is 3.54. The maximum atomic E-state index is 5.60. The fourth-order valence-corrected chi connectivity index (χ4v) is 1.77. The standard InChI is InChI=1S/C9H15N3/c1-12-6-8(7-3-2-4-7)9(5-10)11-12/h6-7H,2-5,10H2,1H3. The molecule has 12 heavy (non-hydrogen) atoms. The highest BCUT2D eigenvalue weighted by atomic mass is 15.3. The van der Waals surface area contributed by atoms with Gasteiger partial charge in [0.05, 0.1) is 5.69 Å².